The van der Waals surface area contributed by atoms with Gasteiger partial charge in [0.15, 0.2) is 5.67 Å². The van der Waals surface area contributed by atoms with E-state index in [-0.39, 0.29) is 25.0 Å². The van der Waals surface area contributed by atoms with Crippen molar-refractivity contribution in [1.29, 1.82) is 0 Å². The summed E-state index contributed by atoms with van der Waals surface area (Å²) in [6.45, 7) is 4.43. The van der Waals surface area contributed by atoms with Crippen molar-refractivity contribution in [2.75, 3.05) is 6.61 Å². The highest BCUT2D eigenvalue weighted by atomic mass is 19.1. The Balaban J connectivity index is 1.75. The third-order valence-corrected chi connectivity index (χ3v) is 9.21. The number of oxime groups is 2. The molecule has 3 fully saturated rings. The number of aliphatic hydroxyl groups is 3. The molecule has 0 amide bonds. The molecule has 0 aliphatic heterocycles. The first-order chi connectivity index (χ1) is 15.9. The summed E-state index contributed by atoms with van der Waals surface area (Å²) in [5.74, 6) is -1.85. The van der Waals surface area contributed by atoms with E-state index in [9.17, 15) is 25.3 Å². The second-order valence-electron chi connectivity index (χ2n) is 10.5. The van der Waals surface area contributed by atoms with Crippen LogP contribution in [-0.4, -0.2) is 73.2 Å². The molecule has 4 rings (SSSR count). The molecule has 0 saturated heterocycles. The van der Waals surface area contributed by atoms with Gasteiger partial charge in [0.05, 0.1) is 12.2 Å². The number of rotatable bonds is 4. The van der Waals surface area contributed by atoms with Crippen LogP contribution in [0.1, 0.15) is 52.9 Å². The van der Waals surface area contributed by atoms with Crippen molar-refractivity contribution in [1.82, 2.24) is 0 Å². The lowest BCUT2D eigenvalue weighted by Gasteiger charge is -2.62. The highest BCUT2D eigenvalue weighted by Crippen LogP contribution is 2.69. The van der Waals surface area contributed by atoms with Crippen LogP contribution in [0.4, 0.5) is 4.39 Å². The molecule has 0 aromatic heterocycles. The van der Waals surface area contributed by atoms with E-state index in [1.54, 1.807) is 32.9 Å². The summed E-state index contributed by atoms with van der Waals surface area (Å²) in [5.41, 5.74) is -5.95. The molecule has 0 spiro atoms. The van der Waals surface area contributed by atoms with Crippen molar-refractivity contribution in [2.45, 2.75) is 76.4 Å². The highest BCUT2D eigenvalue weighted by molar-refractivity contribution is 6.05. The zero-order valence-electron chi connectivity index (χ0n) is 19.6. The SMILES string of the molecule is CCC(=O)OC/C(=N\O)[C@@]1(O)[C@H](O)C[C@H]2[C@@H]3CCC4=CC(=NO)C=C[C@]4(C)[C@@]3(F)[C@@H](O)C[C@@]21C. The lowest BCUT2D eigenvalue weighted by Crippen LogP contribution is -2.69. The van der Waals surface area contributed by atoms with Gasteiger partial charge in [0.25, 0.3) is 0 Å². The van der Waals surface area contributed by atoms with Crippen LogP contribution in [0.25, 0.3) is 0 Å². The normalized spacial score (nSPS) is 47.0. The van der Waals surface area contributed by atoms with E-state index in [0.717, 1.165) is 0 Å². The van der Waals surface area contributed by atoms with Gasteiger partial charge >= 0.3 is 5.97 Å². The Kier molecular flexibility index (Phi) is 5.94. The van der Waals surface area contributed by atoms with Gasteiger partial charge in [0.1, 0.15) is 23.6 Å². The van der Waals surface area contributed by atoms with Crippen molar-refractivity contribution in [2.24, 2.45) is 33.0 Å². The van der Waals surface area contributed by atoms with Crippen molar-refractivity contribution in [3.8, 4) is 0 Å². The van der Waals surface area contributed by atoms with Gasteiger partial charge in [0.2, 0.25) is 0 Å². The van der Waals surface area contributed by atoms with Crippen LogP contribution < -0.4 is 0 Å². The maximum absolute atomic E-state index is 17.2. The van der Waals surface area contributed by atoms with Gasteiger partial charge in [-0.2, -0.15) is 0 Å². The number of hydrogen-bond donors (Lipinski definition) is 5. The number of nitrogens with zero attached hydrogens (tertiary/aromatic N) is 2. The van der Waals surface area contributed by atoms with E-state index < -0.39 is 58.7 Å². The quantitative estimate of drug-likeness (QED) is 0.179. The Labute approximate surface area is 197 Å². The number of alkyl halides is 1. The lowest BCUT2D eigenvalue weighted by molar-refractivity contribution is -0.210. The molecule has 0 heterocycles. The number of carbonyl (C=O) groups is 1. The molecular weight excluding hydrogens is 447 g/mol. The number of allylic oxidation sites excluding steroid dienone is 4. The molecule has 10 heteroatoms. The highest BCUT2D eigenvalue weighted by Gasteiger charge is 2.75. The van der Waals surface area contributed by atoms with Crippen LogP contribution in [0.5, 0.6) is 0 Å². The number of hydrogen-bond acceptors (Lipinski definition) is 9. The van der Waals surface area contributed by atoms with Gasteiger partial charge in [-0.25, -0.2) is 4.39 Å². The Morgan fingerprint density at radius 2 is 1.94 bits per heavy atom. The van der Waals surface area contributed by atoms with E-state index in [2.05, 4.69) is 10.3 Å². The average Bonchev–Trinajstić information content (AvgIpc) is 3.01. The first-order valence-electron chi connectivity index (χ1n) is 11.7. The third-order valence-electron chi connectivity index (χ3n) is 9.21. The first kappa shape index (κ1) is 24.8. The van der Waals surface area contributed by atoms with E-state index in [4.69, 9.17) is 9.94 Å². The molecule has 5 N–H and O–H groups in total. The van der Waals surface area contributed by atoms with Gasteiger partial charge < -0.3 is 30.5 Å². The fraction of sp³-hybridized carbons (Fsp3) is 0.708. The molecule has 4 aliphatic rings. The van der Waals surface area contributed by atoms with E-state index in [1.165, 1.54) is 6.08 Å². The summed E-state index contributed by atoms with van der Waals surface area (Å²) in [6, 6.07) is 0. The fourth-order valence-corrected chi connectivity index (χ4v) is 7.28. The number of esters is 1. The summed E-state index contributed by atoms with van der Waals surface area (Å²) in [7, 11) is 0. The molecule has 0 radical (unpaired) electrons. The van der Waals surface area contributed by atoms with Crippen LogP contribution >= 0.6 is 0 Å². The van der Waals surface area contributed by atoms with Crippen LogP contribution in [0.3, 0.4) is 0 Å². The Morgan fingerprint density at radius 3 is 2.56 bits per heavy atom. The molecule has 4 aliphatic carbocycles. The Bertz CT molecular complexity index is 996. The van der Waals surface area contributed by atoms with Crippen molar-refractivity contribution in [3.05, 3.63) is 23.8 Å². The molecule has 0 bridgehead atoms. The standard InChI is InChI=1S/C24H33FN2O7/c1-4-20(30)34-12-17(27-33)24(31)18(28)10-16-15-6-5-13-9-14(26-32)7-8-21(13,2)23(15,25)19(29)11-22(16,24)3/h7-9,15-16,18-19,28-29,31-33H,4-6,10-12H2,1-3H3/b26-14?,27-17+/t15-,16-,18+,19-,21-,22-,23-,24+/m0/s1. The molecule has 34 heavy (non-hydrogen) atoms. The Hall–Kier alpha value is -2.30. The van der Waals surface area contributed by atoms with E-state index in [0.29, 0.717) is 24.1 Å². The molecule has 3 saturated carbocycles. The van der Waals surface area contributed by atoms with E-state index >= 15 is 4.39 Å². The van der Waals surface area contributed by atoms with Gasteiger partial charge in [-0.1, -0.05) is 35.8 Å². The van der Waals surface area contributed by atoms with Crippen LogP contribution in [-0.2, 0) is 9.53 Å². The second kappa shape index (κ2) is 8.13. The molecular formula is C24H33FN2O7. The largest absolute Gasteiger partial charge is 0.459 e. The second-order valence-corrected chi connectivity index (χ2v) is 10.5. The summed E-state index contributed by atoms with van der Waals surface area (Å²) in [6.07, 6.45) is 2.58. The topological polar surface area (TPSA) is 152 Å². The number of carbonyl (C=O) groups excluding carboxylic acids is 1. The van der Waals surface area contributed by atoms with Crippen LogP contribution in [0.2, 0.25) is 0 Å². The molecule has 188 valence electrons. The lowest BCUT2D eigenvalue weighted by atomic mass is 9.44. The van der Waals surface area contributed by atoms with Gasteiger partial charge in [0, 0.05) is 23.2 Å². The van der Waals surface area contributed by atoms with Gasteiger partial charge in [-0.05, 0) is 50.7 Å². The maximum Gasteiger partial charge on any atom is 0.305 e. The van der Waals surface area contributed by atoms with Crippen molar-refractivity contribution in [3.63, 3.8) is 0 Å². The predicted octanol–water partition coefficient (Wildman–Crippen LogP) is 2.10. The maximum atomic E-state index is 17.2. The summed E-state index contributed by atoms with van der Waals surface area (Å²) < 4.78 is 22.2. The van der Waals surface area contributed by atoms with Crippen LogP contribution in [0.15, 0.2) is 34.1 Å². The number of halogens is 1. The third kappa shape index (κ3) is 2.97. The minimum Gasteiger partial charge on any atom is -0.459 e. The predicted molar refractivity (Wildman–Crippen MR) is 119 cm³/mol. The van der Waals surface area contributed by atoms with Crippen molar-refractivity contribution >= 4 is 17.4 Å². The molecule has 9 nitrogen and oxygen atoms in total. The van der Waals surface area contributed by atoms with Crippen molar-refractivity contribution < 1.29 is 39.7 Å². The fourth-order valence-electron chi connectivity index (χ4n) is 7.28. The first-order valence-corrected chi connectivity index (χ1v) is 11.7. The minimum absolute atomic E-state index is 0.0268. The zero-order valence-corrected chi connectivity index (χ0v) is 19.6. The smallest absolute Gasteiger partial charge is 0.305 e. The number of fused-ring (bicyclic) bond motifs is 5. The zero-order chi connectivity index (χ0) is 25.1. The van der Waals surface area contributed by atoms with E-state index in [1.807, 2.05) is 0 Å². The summed E-state index contributed by atoms with van der Waals surface area (Å²) in [4.78, 5) is 11.7. The summed E-state index contributed by atoms with van der Waals surface area (Å²) >= 11 is 0. The van der Waals surface area contributed by atoms with Gasteiger partial charge in [-0.3, -0.25) is 4.79 Å². The molecule has 0 aromatic rings. The minimum atomic E-state index is -2.13. The van der Waals surface area contributed by atoms with Crippen LogP contribution in [0, 0.1) is 22.7 Å². The molecule has 0 unspecified atom stereocenters. The summed E-state index contributed by atoms with van der Waals surface area (Å²) in [5, 5.41) is 59.4. The monoisotopic (exact) mass is 480 g/mol. The molecule has 0 aromatic carbocycles. The molecule has 8 atom stereocenters. The Morgan fingerprint density at radius 1 is 1.24 bits per heavy atom. The van der Waals surface area contributed by atoms with Gasteiger partial charge in [-0.15, -0.1) is 0 Å². The number of aliphatic hydroxyl groups excluding tert-OH is 2. The average molecular weight is 481 g/mol. The number of ether oxygens (including phenoxy) is 1.